The van der Waals surface area contributed by atoms with E-state index in [1.54, 1.807) is 0 Å². The van der Waals surface area contributed by atoms with Crippen molar-refractivity contribution in [3.05, 3.63) is 65.1 Å². The molecule has 0 bridgehead atoms. The summed E-state index contributed by atoms with van der Waals surface area (Å²) in [5.41, 5.74) is 4.38. The number of hydrogen-bond donors (Lipinski definition) is 0. The van der Waals surface area contributed by atoms with Gasteiger partial charge in [-0.05, 0) is 60.5 Å². The van der Waals surface area contributed by atoms with Crippen molar-refractivity contribution >= 4 is 27.3 Å². The van der Waals surface area contributed by atoms with Crippen molar-refractivity contribution in [1.82, 2.24) is 0 Å². The zero-order valence-electron chi connectivity index (χ0n) is 14.1. The first kappa shape index (κ1) is 16.0. The van der Waals surface area contributed by atoms with Crippen LogP contribution in [0.3, 0.4) is 0 Å². The molecule has 4 heteroatoms. The van der Waals surface area contributed by atoms with Crippen LogP contribution in [0.5, 0.6) is 17.2 Å². The molecule has 0 fully saturated rings. The minimum absolute atomic E-state index is 0.674. The van der Waals surface area contributed by atoms with Gasteiger partial charge in [-0.15, -0.1) is 0 Å². The van der Waals surface area contributed by atoms with Gasteiger partial charge < -0.3 is 14.4 Å². The Labute approximate surface area is 155 Å². The molecule has 1 heterocycles. The summed E-state index contributed by atoms with van der Waals surface area (Å²) in [7, 11) is 2.06. The highest BCUT2D eigenvalue weighted by molar-refractivity contribution is 9.10. The van der Waals surface area contributed by atoms with E-state index >= 15 is 0 Å². The Morgan fingerprint density at radius 2 is 1.52 bits per heavy atom. The van der Waals surface area contributed by atoms with Crippen molar-refractivity contribution < 1.29 is 9.47 Å². The van der Waals surface area contributed by atoms with E-state index in [1.807, 2.05) is 31.2 Å². The van der Waals surface area contributed by atoms with Crippen molar-refractivity contribution in [2.75, 3.05) is 18.6 Å². The SMILES string of the molecule is CCOc1ccc(-c2ccc3c(c2)Oc2cc(Br)ccc2N3C)cc1. The molecule has 0 saturated carbocycles. The van der Waals surface area contributed by atoms with Crippen molar-refractivity contribution in [1.29, 1.82) is 0 Å². The summed E-state index contributed by atoms with van der Waals surface area (Å²) in [4.78, 5) is 2.16. The number of hydrogen-bond acceptors (Lipinski definition) is 3. The van der Waals surface area contributed by atoms with Gasteiger partial charge in [0.05, 0.1) is 18.0 Å². The Hall–Kier alpha value is -2.46. The van der Waals surface area contributed by atoms with Gasteiger partial charge in [0.1, 0.15) is 5.75 Å². The number of ether oxygens (including phenoxy) is 2. The fourth-order valence-electron chi connectivity index (χ4n) is 3.06. The fraction of sp³-hybridized carbons (Fsp3) is 0.143. The maximum absolute atomic E-state index is 6.16. The van der Waals surface area contributed by atoms with Gasteiger partial charge in [-0.3, -0.25) is 0 Å². The van der Waals surface area contributed by atoms with Gasteiger partial charge in [-0.1, -0.05) is 34.1 Å². The maximum Gasteiger partial charge on any atom is 0.152 e. The first-order chi connectivity index (χ1) is 12.2. The second-order valence-corrected chi connectivity index (χ2v) is 6.83. The molecule has 0 spiro atoms. The molecule has 1 aliphatic rings. The van der Waals surface area contributed by atoms with E-state index in [-0.39, 0.29) is 0 Å². The lowest BCUT2D eigenvalue weighted by Crippen LogP contribution is -2.15. The first-order valence-electron chi connectivity index (χ1n) is 8.24. The number of anilines is 2. The number of halogens is 1. The quantitative estimate of drug-likeness (QED) is 0.512. The van der Waals surface area contributed by atoms with Crippen molar-refractivity contribution in [2.24, 2.45) is 0 Å². The summed E-state index contributed by atoms with van der Waals surface area (Å²) in [6.45, 7) is 2.66. The van der Waals surface area contributed by atoms with E-state index in [4.69, 9.17) is 9.47 Å². The van der Waals surface area contributed by atoms with Gasteiger partial charge in [0, 0.05) is 11.5 Å². The molecule has 0 amide bonds. The third-order valence-corrected chi connectivity index (χ3v) is 4.82. The summed E-state index contributed by atoms with van der Waals surface area (Å²) in [5, 5.41) is 0. The zero-order chi connectivity index (χ0) is 17.4. The average molecular weight is 396 g/mol. The number of nitrogens with zero attached hydrogens (tertiary/aromatic N) is 1. The molecule has 126 valence electrons. The Balaban J connectivity index is 1.70. The Bertz CT molecular complexity index is 922. The molecule has 25 heavy (non-hydrogen) atoms. The highest BCUT2D eigenvalue weighted by Crippen LogP contribution is 2.47. The van der Waals surface area contributed by atoms with Crippen LogP contribution in [0, 0.1) is 0 Å². The lowest BCUT2D eigenvalue weighted by atomic mass is 10.0. The van der Waals surface area contributed by atoms with Crippen molar-refractivity contribution in [3.63, 3.8) is 0 Å². The smallest absolute Gasteiger partial charge is 0.152 e. The Morgan fingerprint density at radius 1 is 0.880 bits per heavy atom. The van der Waals surface area contributed by atoms with Crippen LogP contribution < -0.4 is 14.4 Å². The summed E-state index contributed by atoms with van der Waals surface area (Å²) in [6.07, 6.45) is 0. The van der Waals surface area contributed by atoms with E-state index in [1.165, 1.54) is 0 Å². The second kappa shape index (κ2) is 6.45. The topological polar surface area (TPSA) is 21.7 Å². The second-order valence-electron chi connectivity index (χ2n) is 5.91. The highest BCUT2D eigenvalue weighted by Gasteiger charge is 2.22. The van der Waals surface area contributed by atoms with Crippen LogP contribution in [-0.2, 0) is 0 Å². The molecule has 4 rings (SSSR count). The average Bonchev–Trinajstić information content (AvgIpc) is 2.62. The molecule has 0 radical (unpaired) electrons. The summed E-state index contributed by atoms with van der Waals surface area (Å²) in [6, 6.07) is 20.5. The third kappa shape index (κ3) is 2.98. The van der Waals surface area contributed by atoms with Crippen LogP contribution in [0.4, 0.5) is 11.4 Å². The van der Waals surface area contributed by atoms with Gasteiger partial charge in [0.15, 0.2) is 11.5 Å². The van der Waals surface area contributed by atoms with Crippen LogP contribution >= 0.6 is 15.9 Å². The minimum atomic E-state index is 0.674. The summed E-state index contributed by atoms with van der Waals surface area (Å²) >= 11 is 3.51. The first-order valence-corrected chi connectivity index (χ1v) is 9.03. The van der Waals surface area contributed by atoms with Gasteiger partial charge in [0.2, 0.25) is 0 Å². The molecule has 3 aromatic rings. The molecular formula is C21H18BrNO2. The standard InChI is InChI=1S/C21H18BrNO2/c1-3-24-17-8-4-14(5-9-17)15-6-10-18-20(12-15)25-21-13-16(22)7-11-19(21)23(18)2/h4-13H,3H2,1-2H3. The molecule has 0 saturated heterocycles. The van der Waals surface area contributed by atoms with E-state index in [0.29, 0.717) is 6.61 Å². The van der Waals surface area contributed by atoms with Crippen molar-refractivity contribution in [2.45, 2.75) is 6.92 Å². The minimum Gasteiger partial charge on any atom is -0.494 e. The molecule has 3 aromatic carbocycles. The monoisotopic (exact) mass is 395 g/mol. The predicted octanol–water partition coefficient (Wildman–Crippen LogP) is 6.39. The molecule has 0 atom stereocenters. The van der Waals surface area contributed by atoms with E-state index in [0.717, 1.165) is 44.2 Å². The number of rotatable bonds is 3. The van der Waals surface area contributed by atoms with E-state index < -0.39 is 0 Å². The zero-order valence-corrected chi connectivity index (χ0v) is 15.7. The lowest BCUT2D eigenvalue weighted by molar-refractivity contribution is 0.340. The normalized spacial score (nSPS) is 12.2. The molecule has 0 aliphatic carbocycles. The van der Waals surface area contributed by atoms with Crippen LogP contribution in [0.2, 0.25) is 0 Å². The van der Waals surface area contributed by atoms with Crippen molar-refractivity contribution in [3.8, 4) is 28.4 Å². The Morgan fingerprint density at radius 3 is 2.24 bits per heavy atom. The van der Waals surface area contributed by atoms with Crippen LogP contribution in [0.15, 0.2) is 65.1 Å². The van der Waals surface area contributed by atoms with Gasteiger partial charge in [-0.2, -0.15) is 0 Å². The van der Waals surface area contributed by atoms with Gasteiger partial charge >= 0.3 is 0 Å². The molecule has 1 aliphatic heterocycles. The molecule has 0 N–H and O–H groups in total. The van der Waals surface area contributed by atoms with E-state index in [9.17, 15) is 0 Å². The molecule has 0 unspecified atom stereocenters. The molecule has 0 aromatic heterocycles. The van der Waals surface area contributed by atoms with Crippen LogP contribution in [0.1, 0.15) is 6.92 Å². The fourth-order valence-corrected chi connectivity index (χ4v) is 3.40. The highest BCUT2D eigenvalue weighted by atomic mass is 79.9. The third-order valence-electron chi connectivity index (χ3n) is 4.32. The maximum atomic E-state index is 6.16. The summed E-state index contributed by atoms with van der Waals surface area (Å²) < 4.78 is 12.7. The summed E-state index contributed by atoms with van der Waals surface area (Å²) in [5.74, 6) is 2.60. The van der Waals surface area contributed by atoms with Crippen LogP contribution in [0.25, 0.3) is 11.1 Å². The lowest BCUT2D eigenvalue weighted by Gasteiger charge is -2.30. The largest absolute Gasteiger partial charge is 0.494 e. The number of fused-ring (bicyclic) bond motifs is 2. The van der Waals surface area contributed by atoms with Gasteiger partial charge in [-0.25, -0.2) is 0 Å². The molecule has 3 nitrogen and oxygen atoms in total. The van der Waals surface area contributed by atoms with Gasteiger partial charge in [0.25, 0.3) is 0 Å². The van der Waals surface area contributed by atoms with Crippen LogP contribution in [-0.4, -0.2) is 13.7 Å². The molecular weight excluding hydrogens is 378 g/mol. The number of benzene rings is 3. The predicted molar refractivity (Wildman–Crippen MR) is 105 cm³/mol. The van der Waals surface area contributed by atoms with E-state index in [2.05, 4.69) is 64.3 Å². The Kier molecular flexibility index (Phi) is 4.14.